The number of halogens is 1. The zero-order valence-electron chi connectivity index (χ0n) is 9.65. The second-order valence-corrected chi connectivity index (χ2v) is 8.63. The standard InChI is InChI=1S/C10H12ClNO5S2/c11-7-1-3-8(4-2-7)19(16,17)12-9-5-18(14,15)6-10(9)13/h1-4,9-10,12-13H,5-6H2/t9-,10+/m0/s1. The van der Waals surface area contributed by atoms with Gasteiger partial charge in [-0.3, -0.25) is 0 Å². The first-order chi connectivity index (χ1) is 8.70. The number of sulfonamides is 1. The molecule has 9 heteroatoms. The lowest BCUT2D eigenvalue weighted by atomic mass is 10.2. The molecule has 2 rings (SSSR count). The van der Waals surface area contributed by atoms with Crippen molar-refractivity contribution in [2.75, 3.05) is 11.5 Å². The molecule has 19 heavy (non-hydrogen) atoms. The van der Waals surface area contributed by atoms with E-state index in [1.807, 2.05) is 0 Å². The summed E-state index contributed by atoms with van der Waals surface area (Å²) in [4.78, 5) is -0.0339. The minimum atomic E-state index is -3.88. The van der Waals surface area contributed by atoms with Gasteiger partial charge >= 0.3 is 0 Å². The summed E-state index contributed by atoms with van der Waals surface area (Å²) in [6.45, 7) is 0. The van der Waals surface area contributed by atoms with Gasteiger partial charge in [0.15, 0.2) is 9.84 Å². The maximum Gasteiger partial charge on any atom is 0.240 e. The molecule has 1 heterocycles. The molecule has 0 unspecified atom stereocenters. The zero-order valence-corrected chi connectivity index (χ0v) is 12.0. The van der Waals surface area contributed by atoms with Crippen LogP contribution in [0.15, 0.2) is 29.2 Å². The first kappa shape index (κ1) is 14.7. The van der Waals surface area contributed by atoms with Crippen molar-refractivity contribution < 1.29 is 21.9 Å². The number of sulfone groups is 1. The third kappa shape index (κ3) is 3.46. The van der Waals surface area contributed by atoms with E-state index in [2.05, 4.69) is 4.72 Å². The van der Waals surface area contributed by atoms with Crippen LogP contribution in [0.4, 0.5) is 0 Å². The molecule has 0 amide bonds. The lowest BCUT2D eigenvalue weighted by Gasteiger charge is -2.15. The lowest BCUT2D eigenvalue weighted by molar-refractivity contribution is 0.176. The third-order valence-corrected chi connectivity index (χ3v) is 6.23. The summed E-state index contributed by atoms with van der Waals surface area (Å²) < 4.78 is 48.8. The van der Waals surface area contributed by atoms with Crippen molar-refractivity contribution in [3.8, 4) is 0 Å². The Kier molecular flexibility index (Phi) is 3.90. The van der Waals surface area contributed by atoms with E-state index in [0.717, 1.165) is 0 Å². The molecule has 1 aliphatic rings. The van der Waals surface area contributed by atoms with Crippen LogP contribution in [0.3, 0.4) is 0 Å². The average molecular weight is 326 g/mol. The number of aliphatic hydroxyl groups is 1. The van der Waals surface area contributed by atoms with Crippen LogP contribution < -0.4 is 4.72 Å². The van der Waals surface area contributed by atoms with Gasteiger partial charge in [-0.25, -0.2) is 21.6 Å². The Morgan fingerprint density at radius 1 is 1.21 bits per heavy atom. The van der Waals surface area contributed by atoms with Gasteiger partial charge in [0.1, 0.15) is 0 Å². The molecule has 1 saturated heterocycles. The Balaban J connectivity index is 2.21. The van der Waals surface area contributed by atoms with Crippen molar-refractivity contribution in [2.24, 2.45) is 0 Å². The van der Waals surface area contributed by atoms with Crippen LogP contribution in [0, 0.1) is 0 Å². The Labute approximate surface area is 116 Å². The number of hydrogen-bond donors (Lipinski definition) is 2. The second-order valence-electron chi connectivity index (χ2n) is 4.33. The molecule has 1 aromatic carbocycles. The summed E-state index contributed by atoms with van der Waals surface area (Å²) in [7, 11) is -7.28. The number of benzene rings is 1. The lowest BCUT2D eigenvalue weighted by Crippen LogP contribution is -2.42. The van der Waals surface area contributed by atoms with E-state index in [9.17, 15) is 21.9 Å². The molecule has 0 aromatic heterocycles. The molecule has 1 fully saturated rings. The Bertz CT molecular complexity index is 668. The van der Waals surface area contributed by atoms with Gasteiger partial charge in [-0.05, 0) is 24.3 Å². The summed E-state index contributed by atoms with van der Waals surface area (Å²) in [5, 5.41) is 9.94. The minimum absolute atomic E-state index is 0.0339. The summed E-state index contributed by atoms with van der Waals surface area (Å²) >= 11 is 5.66. The number of rotatable bonds is 3. The minimum Gasteiger partial charge on any atom is -0.390 e. The molecular weight excluding hydrogens is 314 g/mol. The Hall–Kier alpha value is -0.670. The SMILES string of the molecule is O=S1(=O)C[C@@H](O)[C@@H](NS(=O)(=O)c2ccc(Cl)cc2)C1. The van der Waals surface area contributed by atoms with Crippen molar-refractivity contribution in [1.29, 1.82) is 0 Å². The molecule has 0 bridgehead atoms. The molecule has 6 nitrogen and oxygen atoms in total. The second kappa shape index (κ2) is 5.02. The molecule has 0 radical (unpaired) electrons. The van der Waals surface area contributed by atoms with Gasteiger partial charge in [-0.15, -0.1) is 0 Å². The van der Waals surface area contributed by atoms with E-state index < -0.39 is 43.5 Å². The zero-order chi connectivity index (χ0) is 14.3. The molecule has 1 aliphatic heterocycles. The van der Waals surface area contributed by atoms with Crippen molar-refractivity contribution in [3.63, 3.8) is 0 Å². The average Bonchev–Trinajstić information content (AvgIpc) is 2.51. The smallest absolute Gasteiger partial charge is 0.240 e. The van der Waals surface area contributed by atoms with E-state index in [-0.39, 0.29) is 4.90 Å². The molecular formula is C10H12ClNO5S2. The summed E-state index contributed by atoms with van der Waals surface area (Å²) in [6, 6.07) is 4.42. The quantitative estimate of drug-likeness (QED) is 0.800. The van der Waals surface area contributed by atoms with Gasteiger partial charge in [0.25, 0.3) is 0 Å². The fourth-order valence-electron chi connectivity index (χ4n) is 1.82. The molecule has 0 saturated carbocycles. The van der Waals surface area contributed by atoms with Gasteiger partial charge in [0.2, 0.25) is 10.0 Å². The van der Waals surface area contributed by atoms with Crippen LogP contribution in [0.2, 0.25) is 5.02 Å². The van der Waals surface area contributed by atoms with Crippen LogP contribution in [0.5, 0.6) is 0 Å². The van der Waals surface area contributed by atoms with Gasteiger partial charge in [0, 0.05) is 5.02 Å². The Morgan fingerprint density at radius 3 is 2.26 bits per heavy atom. The van der Waals surface area contributed by atoms with E-state index in [0.29, 0.717) is 5.02 Å². The van der Waals surface area contributed by atoms with Crippen molar-refractivity contribution in [2.45, 2.75) is 17.0 Å². The molecule has 0 aliphatic carbocycles. The summed E-state index contributed by atoms with van der Waals surface area (Å²) in [6.07, 6.45) is -1.23. The van der Waals surface area contributed by atoms with Crippen molar-refractivity contribution >= 4 is 31.5 Å². The van der Waals surface area contributed by atoms with Gasteiger partial charge in [-0.2, -0.15) is 0 Å². The van der Waals surface area contributed by atoms with Gasteiger partial charge < -0.3 is 5.11 Å². The van der Waals surface area contributed by atoms with Crippen LogP contribution in [0.1, 0.15) is 0 Å². The van der Waals surface area contributed by atoms with Crippen molar-refractivity contribution in [1.82, 2.24) is 4.72 Å². The predicted octanol–water partition coefficient (Wildman–Crippen LogP) is -0.224. The van der Waals surface area contributed by atoms with E-state index in [1.54, 1.807) is 0 Å². The van der Waals surface area contributed by atoms with Crippen LogP contribution in [-0.4, -0.2) is 45.6 Å². The maximum atomic E-state index is 12.0. The highest BCUT2D eigenvalue weighted by Crippen LogP contribution is 2.18. The third-order valence-electron chi connectivity index (χ3n) is 2.75. The molecule has 106 valence electrons. The molecule has 0 spiro atoms. The molecule has 2 atom stereocenters. The summed E-state index contributed by atoms with van der Waals surface area (Å²) in [5.74, 6) is -0.832. The van der Waals surface area contributed by atoms with Crippen LogP contribution >= 0.6 is 11.6 Å². The highest BCUT2D eigenvalue weighted by atomic mass is 35.5. The predicted molar refractivity (Wildman–Crippen MR) is 70.2 cm³/mol. The van der Waals surface area contributed by atoms with Gasteiger partial charge in [0.05, 0.1) is 28.5 Å². The van der Waals surface area contributed by atoms with E-state index in [4.69, 9.17) is 11.6 Å². The normalized spacial score (nSPS) is 26.4. The fraction of sp³-hybridized carbons (Fsp3) is 0.400. The van der Waals surface area contributed by atoms with Gasteiger partial charge in [-0.1, -0.05) is 11.6 Å². The van der Waals surface area contributed by atoms with Crippen LogP contribution in [0.25, 0.3) is 0 Å². The molecule has 2 N–H and O–H groups in total. The van der Waals surface area contributed by atoms with E-state index in [1.165, 1.54) is 24.3 Å². The van der Waals surface area contributed by atoms with E-state index >= 15 is 0 Å². The first-order valence-corrected chi connectivity index (χ1v) is 9.04. The van der Waals surface area contributed by atoms with Crippen molar-refractivity contribution in [3.05, 3.63) is 29.3 Å². The maximum absolute atomic E-state index is 12.0. The topological polar surface area (TPSA) is 101 Å². The largest absolute Gasteiger partial charge is 0.390 e. The van der Waals surface area contributed by atoms with Crippen LogP contribution in [-0.2, 0) is 19.9 Å². The highest BCUT2D eigenvalue weighted by Gasteiger charge is 2.38. The number of aliphatic hydroxyl groups excluding tert-OH is 1. The Morgan fingerprint density at radius 2 is 1.79 bits per heavy atom. The number of hydrogen-bond acceptors (Lipinski definition) is 5. The monoisotopic (exact) mass is 325 g/mol. The fourth-order valence-corrected chi connectivity index (χ4v) is 5.06. The molecule has 1 aromatic rings. The highest BCUT2D eigenvalue weighted by molar-refractivity contribution is 7.92. The number of nitrogens with one attached hydrogen (secondary N) is 1. The summed E-state index contributed by atoms with van der Waals surface area (Å²) in [5.41, 5.74) is 0. The first-order valence-electron chi connectivity index (χ1n) is 5.36.